The first kappa shape index (κ1) is 20.2. The summed E-state index contributed by atoms with van der Waals surface area (Å²) in [5.74, 6) is -0.0588. The van der Waals surface area contributed by atoms with E-state index >= 15 is 0 Å². The van der Waals surface area contributed by atoms with Crippen LogP contribution in [-0.4, -0.2) is 22.2 Å². The van der Waals surface area contributed by atoms with Crippen LogP contribution in [0.5, 0.6) is 0 Å². The van der Waals surface area contributed by atoms with E-state index in [-0.39, 0.29) is 5.92 Å². The Morgan fingerprint density at radius 2 is 1.72 bits per heavy atom. The molecule has 0 spiro atoms. The topological polar surface area (TPSA) is 74.6 Å². The highest BCUT2D eigenvalue weighted by atomic mass is 16.4. The van der Waals surface area contributed by atoms with Gasteiger partial charge in [-0.05, 0) is 91.9 Å². The van der Waals surface area contributed by atoms with Crippen molar-refractivity contribution in [2.45, 2.75) is 71.1 Å². The average molecular weight is 397 g/mol. The van der Waals surface area contributed by atoms with Crippen molar-refractivity contribution in [1.29, 1.82) is 0 Å². The molecule has 0 radical (unpaired) electrons. The third kappa shape index (κ3) is 3.86. The molecule has 29 heavy (non-hydrogen) atoms. The smallest absolute Gasteiger partial charge is 0.310 e. The monoisotopic (exact) mass is 396 g/mol. The first-order valence-corrected chi connectivity index (χ1v) is 11.2. The van der Waals surface area contributed by atoms with Gasteiger partial charge in [0.15, 0.2) is 0 Å². The molecular weight excluding hydrogens is 364 g/mol. The molecule has 5 aliphatic carbocycles. The summed E-state index contributed by atoms with van der Waals surface area (Å²) in [6.45, 7) is 1.08. The Kier molecular flexibility index (Phi) is 5.80. The number of carbonyl (C=O) groups is 2. The lowest BCUT2D eigenvalue weighted by atomic mass is 9.60. The van der Waals surface area contributed by atoms with Crippen molar-refractivity contribution in [3.05, 3.63) is 46.1 Å². The Balaban J connectivity index is 0.000000472. The van der Waals surface area contributed by atoms with Crippen molar-refractivity contribution in [2.24, 2.45) is 23.7 Å². The van der Waals surface area contributed by atoms with E-state index < -0.39 is 11.9 Å². The molecule has 4 heteroatoms. The van der Waals surface area contributed by atoms with Crippen LogP contribution >= 0.6 is 0 Å². The minimum atomic E-state index is -0.833. The summed E-state index contributed by atoms with van der Waals surface area (Å²) < 4.78 is 0. The summed E-state index contributed by atoms with van der Waals surface area (Å²) >= 11 is 0. The predicted molar refractivity (Wildman–Crippen MR) is 112 cm³/mol. The van der Waals surface area contributed by atoms with Gasteiger partial charge in [-0.2, -0.15) is 0 Å². The molecule has 0 aromatic rings. The van der Waals surface area contributed by atoms with Gasteiger partial charge in [0.05, 0.1) is 5.92 Å². The molecule has 4 nitrogen and oxygen atoms in total. The Morgan fingerprint density at radius 3 is 2.48 bits per heavy atom. The van der Waals surface area contributed by atoms with Gasteiger partial charge in [0, 0.05) is 12.8 Å². The van der Waals surface area contributed by atoms with Crippen molar-refractivity contribution < 1.29 is 19.8 Å². The maximum atomic E-state index is 12.1. The van der Waals surface area contributed by atoms with Crippen LogP contribution < -0.4 is 0 Å². The molecule has 0 amide bonds. The van der Waals surface area contributed by atoms with Gasteiger partial charge in [-0.1, -0.05) is 30.2 Å². The Bertz CT molecular complexity index is 822. The Morgan fingerprint density at radius 1 is 0.966 bits per heavy atom. The zero-order valence-electron chi connectivity index (χ0n) is 17.3. The third-order valence-corrected chi connectivity index (χ3v) is 7.47. The van der Waals surface area contributed by atoms with Gasteiger partial charge in [0.2, 0.25) is 0 Å². The van der Waals surface area contributed by atoms with Gasteiger partial charge in [-0.25, -0.2) is 0 Å². The number of carboxylic acid groups (broad SMARTS) is 2. The number of allylic oxidation sites excluding steroid dienone is 7. The molecule has 1 saturated carbocycles. The van der Waals surface area contributed by atoms with Gasteiger partial charge in [-0.15, -0.1) is 0 Å². The molecule has 5 rings (SSSR count). The standard InChI is InChI=1S/C23H28O2.C2H4O2/c24-23(25)21-13-15-6-2-4-8-17(15)19-12-11-18-16-7-3-1-5-14(16)9-10-20(18)22(19)21;1-2(3)4/h8,11-12,14-15,20-21H,1-7,9-10,13H2,(H,24,25);1H3,(H,3,4). The highest BCUT2D eigenvalue weighted by Crippen LogP contribution is 2.54. The fourth-order valence-corrected chi connectivity index (χ4v) is 6.39. The van der Waals surface area contributed by atoms with Crippen LogP contribution in [0.25, 0.3) is 0 Å². The molecule has 4 atom stereocenters. The molecule has 0 saturated heterocycles. The highest BCUT2D eigenvalue weighted by molar-refractivity contribution is 5.77. The molecule has 156 valence electrons. The zero-order chi connectivity index (χ0) is 20.5. The Labute approximate surface area is 173 Å². The van der Waals surface area contributed by atoms with E-state index in [1.807, 2.05) is 0 Å². The molecule has 1 fully saturated rings. The van der Waals surface area contributed by atoms with E-state index in [0.29, 0.717) is 11.8 Å². The summed E-state index contributed by atoms with van der Waals surface area (Å²) in [6, 6.07) is 0. The average Bonchev–Trinajstić information content (AvgIpc) is 2.72. The second-order valence-corrected chi connectivity index (χ2v) is 9.19. The number of carboxylic acids is 2. The molecule has 4 unspecified atom stereocenters. The molecule has 0 bridgehead atoms. The molecule has 0 aromatic heterocycles. The molecule has 5 aliphatic rings. The van der Waals surface area contributed by atoms with E-state index in [1.165, 1.54) is 67.2 Å². The third-order valence-electron chi connectivity index (χ3n) is 7.47. The normalized spacial score (nSPS) is 32.7. The van der Waals surface area contributed by atoms with Crippen LogP contribution in [0.4, 0.5) is 0 Å². The molecule has 0 aliphatic heterocycles. The maximum Gasteiger partial charge on any atom is 0.310 e. The quantitative estimate of drug-likeness (QED) is 0.599. The summed E-state index contributed by atoms with van der Waals surface area (Å²) in [5, 5.41) is 17.4. The van der Waals surface area contributed by atoms with Crippen LogP contribution in [0.3, 0.4) is 0 Å². The molecule has 0 aromatic carbocycles. The van der Waals surface area contributed by atoms with E-state index in [0.717, 1.165) is 32.1 Å². The fraction of sp³-hybridized carbons (Fsp3) is 0.600. The van der Waals surface area contributed by atoms with Crippen LogP contribution in [0, 0.1) is 23.7 Å². The largest absolute Gasteiger partial charge is 0.481 e. The molecule has 2 N–H and O–H groups in total. The summed E-state index contributed by atoms with van der Waals surface area (Å²) in [6.07, 6.45) is 19.2. The van der Waals surface area contributed by atoms with E-state index in [9.17, 15) is 9.90 Å². The second-order valence-electron chi connectivity index (χ2n) is 9.19. The lowest BCUT2D eigenvalue weighted by Crippen LogP contribution is -2.35. The summed E-state index contributed by atoms with van der Waals surface area (Å²) in [5.41, 5.74) is 7.24. The number of hydrogen-bond donors (Lipinski definition) is 2. The number of rotatable bonds is 1. The predicted octanol–water partition coefficient (Wildman–Crippen LogP) is 5.67. The van der Waals surface area contributed by atoms with Gasteiger partial charge < -0.3 is 10.2 Å². The van der Waals surface area contributed by atoms with Crippen LogP contribution in [-0.2, 0) is 9.59 Å². The number of aliphatic carboxylic acids is 2. The van der Waals surface area contributed by atoms with Crippen LogP contribution in [0.1, 0.15) is 71.1 Å². The van der Waals surface area contributed by atoms with Crippen molar-refractivity contribution in [3.63, 3.8) is 0 Å². The van der Waals surface area contributed by atoms with Crippen LogP contribution in [0.2, 0.25) is 0 Å². The van der Waals surface area contributed by atoms with Crippen molar-refractivity contribution in [1.82, 2.24) is 0 Å². The number of hydrogen-bond acceptors (Lipinski definition) is 2. The number of fused-ring (bicyclic) bond motifs is 5. The first-order valence-electron chi connectivity index (χ1n) is 11.2. The van der Waals surface area contributed by atoms with Crippen molar-refractivity contribution >= 4 is 11.9 Å². The van der Waals surface area contributed by atoms with Crippen molar-refractivity contribution in [3.8, 4) is 0 Å². The van der Waals surface area contributed by atoms with Gasteiger partial charge in [-0.3, -0.25) is 9.59 Å². The van der Waals surface area contributed by atoms with Crippen molar-refractivity contribution in [2.75, 3.05) is 0 Å². The van der Waals surface area contributed by atoms with E-state index in [4.69, 9.17) is 9.90 Å². The van der Waals surface area contributed by atoms with E-state index in [2.05, 4.69) is 18.2 Å². The Hall–Kier alpha value is -2.10. The molecule has 0 heterocycles. The van der Waals surface area contributed by atoms with Gasteiger partial charge in [0.1, 0.15) is 0 Å². The SMILES string of the molecule is CC(=O)O.O=C(O)C1CC2CCCC=C2C2=C1C1CCC3CCCCC3=C1C=C2. The van der Waals surface area contributed by atoms with Gasteiger partial charge >= 0.3 is 5.97 Å². The first-order chi connectivity index (χ1) is 14.0. The lowest BCUT2D eigenvalue weighted by molar-refractivity contribution is -0.141. The fourth-order valence-electron chi connectivity index (χ4n) is 6.39. The maximum absolute atomic E-state index is 12.1. The van der Waals surface area contributed by atoms with Gasteiger partial charge in [0.25, 0.3) is 5.97 Å². The van der Waals surface area contributed by atoms with Crippen LogP contribution in [0.15, 0.2) is 46.1 Å². The summed E-state index contributed by atoms with van der Waals surface area (Å²) in [4.78, 5) is 21.1. The minimum Gasteiger partial charge on any atom is -0.481 e. The minimum absolute atomic E-state index is 0.263. The summed E-state index contributed by atoms with van der Waals surface area (Å²) in [7, 11) is 0. The lowest BCUT2D eigenvalue weighted by Gasteiger charge is -2.44. The molecular formula is C25H32O4. The van der Waals surface area contributed by atoms with E-state index in [1.54, 1.807) is 5.57 Å². The highest BCUT2D eigenvalue weighted by Gasteiger charge is 2.43. The zero-order valence-corrected chi connectivity index (χ0v) is 17.3. The second kappa shape index (κ2) is 8.33.